The zero-order valence-corrected chi connectivity index (χ0v) is 10.6. The van der Waals surface area contributed by atoms with E-state index in [0.717, 1.165) is 19.4 Å². The van der Waals surface area contributed by atoms with E-state index in [-0.39, 0.29) is 4.75 Å². The first-order chi connectivity index (χ1) is 6.45. The predicted octanol–water partition coefficient (Wildman–Crippen LogP) is 2.06. The fourth-order valence-corrected chi connectivity index (χ4v) is 3.87. The Morgan fingerprint density at radius 2 is 2.00 bits per heavy atom. The van der Waals surface area contributed by atoms with Gasteiger partial charge in [0.1, 0.15) is 0 Å². The van der Waals surface area contributed by atoms with Gasteiger partial charge in [-0.3, -0.25) is 4.21 Å². The molecule has 1 saturated carbocycles. The topological polar surface area (TPSA) is 29.1 Å². The van der Waals surface area contributed by atoms with E-state index in [1.165, 1.54) is 6.42 Å². The minimum atomic E-state index is -0.677. The molecule has 2 nitrogen and oxygen atoms in total. The summed E-state index contributed by atoms with van der Waals surface area (Å²) in [5.41, 5.74) is 0. The van der Waals surface area contributed by atoms with Crippen LogP contribution in [0.2, 0.25) is 0 Å². The third-order valence-corrected chi connectivity index (χ3v) is 5.02. The van der Waals surface area contributed by atoms with Crippen molar-refractivity contribution in [3.05, 3.63) is 0 Å². The lowest BCUT2D eigenvalue weighted by Crippen LogP contribution is -2.32. The molecule has 0 aliphatic heterocycles. The van der Waals surface area contributed by atoms with Crippen molar-refractivity contribution < 1.29 is 4.21 Å². The van der Waals surface area contributed by atoms with Crippen LogP contribution in [-0.2, 0) is 10.8 Å². The van der Waals surface area contributed by atoms with Gasteiger partial charge in [-0.15, -0.1) is 0 Å². The van der Waals surface area contributed by atoms with Crippen LogP contribution in [0.5, 0.6) is 0 Å². The molecule has 1 aliphatic carbocycles. The van der Waals surface area contributed by atoms with Gasteiger partial charge in [0.15, 0.2) is 0 Å². The lowest BCUT2D eigenvalue weighted by Gasteiger charge is -2.22. The minimum Gasteiger partial charge on any atom is -0.314 e. The molecule has 0 amide bonds. The van der Waals surface area contributed by atoms with Gasteiger partial charge in [0.25, 0.3) is 0 Å². The maximum Gasteiger partial charge on any atom is 0.0377 e. The second-order valence-electron chi connectivity index (χ2n) is 5.10. The summed E-state index contributed by atoms with van der Waals surface area (Å²) in [6.07, 6.45) is 3.42. The summed E-state index contributed by atoms with van der Waals surface area (Å²) in [5, 5.41) is 3.86. The first-order valence-corrected chi connectivity index (χ1v) is 6.80. The normalized spacial score (nSPS) is 30.6. The lowest BCUT2D eigenvalue weighted by molar-refractivity contribution is 0.541. The number of hydrogen-bond acceptors (Lipinski definition) is 2. The van der Waals surface area contributed by atoms with Crippen molar-refractivity contribution in [2.75, 3.05) is 6.54 Å². The third-order valence-electron chi connectivity index (χ3n) is 2.78. The molecule has 0 aromatic heterocycles. The van der Waals surface area contributed by atoms with E-state index in [4.69, 9.17) is 0 Å². The highest BCUT2D eigenvalue weighted by Crippen LogP contribution is 2.29. The zero-order chi connectivity index (χ0) is 10.8. The van der Waals surface area contributed by atoms with Gasteiger partial charge in [0, 0.05) is 26.8 Å². The van der Waals surface area contributed by atoms with Crippen LogP contribution in [0.15, 0.2) is 0 Å². The van der Waals surface area contributed by atoms with E-state index >= 15 is 0 Å². The highest BCUT2D eigenvalue weighted by Gasteiger charge is 2.33. The molecule has 3 heteroatoms. The van der Waals surface area contributed by atoms with Gasteiger partial charge in [0.05, 0.1) is 0 Å². The molecule has 1 fully saturated rings. The third kappa shape index (κ3) is 3.06. The maximum atomic E-state index is 12.1. The summed E-state index contributed by atoms with van der Waals surface area (Å²) in [7, 11) is -0.677. The average molecular weight is 217 g/mol. The van der Waals surface area contributed by atoms with Crippen molar-refractivity contribution in [3.8, 4) is 0 Å². The molecule has 0 saturated heterocycles. The van der Waals surface area contributed by atoms with Gasteiger partial charge >= 0.3 is 0 Å². The summed E-state index contributed by atoms with van der Waals surface area (Å²) >= 11 is 0. The number of hydrogen-bond donors (Lipinski definition) is 1. The summed E-state index contributed by atoms with van der Waals surface area (Å²) < 4.78 is 12.1. The highest BCUT2D eigenvalue weighted by atomic mass is 32.2. The molecule has 0 heterocycles. The van der Waals surface area contributed by atoms with E-state index in [9.17, 15) is 4.21 Å². The number of nitrogens with one attached hydrogen (secondary N) is 1. The van der Waals surface area contributed by atoms with E-state index in [1.807, 2.05) is 0 Å². The molecule has 3 unspecified atom stereocenters. The SMILES string of the molecule is CCNC1CCC(S(=O)C(C)(C)C)C1. The van der Waals surface area contributed by atoms with Crippen LogP contribution >= 0.6 is 0 Å². The van der Waals surface area contributed by atoms with Crippen molar-refractivity contribution in [2.24, 2.45) is 0 Å². The first-order valence-electron chi connectivity index (χ1n) is 5.59. The van der Waals surface area contributed by atoms with Gasteiger partial charge in [-0.1, -0.05) is 6.92 Å². The second kappa shape index (κ2) is 4.75. The Bertz CT molecular complexity index is 210. The quantitative estimate of drug-likeness (QED) is 0.784. The minimum absolute atomic E-state index is 0.0498. The summed E-state index contributed by atoms with van der Waals surface area (Å²) in [4.78, 5) is 0. The van der Waals surface area contributed by atoms with Crippen LogP contribution in [0.4, 0.5) is 0 Å². The van der Waals surface area contributed by atoms with Crippen LogP contribution in [0, 0.1) is 0 Å². The number of rotatable bonds is 3. The van der Waals surface area contributed by atoms with Gasteiger partial charge in [-0.25, -0.2) is 0 Å². The molecule has 3 atom stereocenters. The summed E-state index contributed by atoms with van der Waals surface area (Å²) in [6.45, 7) is 9.38. The monoisotopic (exact) mass is 217 g/mol. The Kier molecular flexibility index (Phi) is 4.14. The Morgan fingerprint density at radius 3 is 2.50 bits per heavy atom. The van der Waals surface area contributed by atoms with Gasteiger partial charge < -0.3 is 5.32 Å². The van der Waals surface area contributed by atoms with Crippen molar-refractivity contribution in [3.63, 3.8) is 0 Å². The molecular formula is C11H23NOS. The molecule has 1 N–H and O–H groups in total. The molecule has 0 bridgehead atoms. The fraction of sp³-hybridized carbons (Fsp3) is 1.00. The molecule has 1 rings (SSSR count). The lowest BCUT2D eigenvalue weighted by atomic mass is 10.2. The van der Waals surface area contributed by atoms with Crippen LogP contribution < -0.4 is 5.32 Å². The van der Waals surface area contributed by atoms with Crippen molar-refractivity contribution >= 4 is 10.8 Å². The van der Waals surface area contributed by atoms with E-state index in [0.29, 0.717) is 11.3 Å². The Morgan fingerprint density at radius 1 is 1.36 bits per heavy atom. The predicted molar refractivity (Wildman–Crippen MR) is 63.0 cm³/mol. The van der Waals surface area contributed by atoms with Crippen molar-refractivity contribution in [2.45, 2.75) is 63.0 Å². The van der Waals surface area contributed by atoms with Gasteiger partial charge in [-0.2, -0.15) is 0 Å². The smallest absolute Gasteiger partial charge is 0.0377 e. The van der Waals surface area contributed by atoms with Gasteiger partial charge in [-0.05, 0) is 46.6 Å². The Labute approximate surface area is 90.3 Å². The van der Waals surface area contributed by atoms with E-state index in [1.54, 1.807) is 0 Å². The van der Waals surface area contributed by atoms with Crippen LogP contribution in [0.25, 0.3) is 0 Å². The molecule has 0 aromatic carbocycles. The largest absolute Gasteiger partial charge is 0.314 e. The van der Waals surface area contributed by atoms with Crippen LogP contribution in [0.3, 0.4) is 0 Å². The standard InChI is InChI=1S/C11H23NOS/c1-5-12-9-6-7-10(8-9)14(13)11(2,3)4/h9-10,12H,5-8H2,1-4H3. The average Bonchev–Trinajstić information content (AvgIpc) is 2.50. The summed E-state index contributed by atoms with van der Waals surface area (Å²) in [5.74, 6) is 0. The Balaban J connectivity index is 2.46. The molecule has 84 valence electrons. The molecule has 14 heavy (non-hydrogen) atoms. The van der Waals surface area contributed by atoms with Crippen molar-refractivity contribution in [1.82, 2.24) is 5.32 Å². The second-order valence-corrected chi connectivity index (χ2v) is 7.59. The Hall–Kier alpha value is 0.110. The van der Waals surface area contributed by atoms with Crippen molar-refractivity contribution in [1.29, 1.82) is 0 Å². The maximum absolute atomic E-state index is 12.1. The molecule has 0 aromatic rings. The molecule has 0 spiro atoms. The van der Waals surface area contributed by atoms with Gasteiger partial charge in [0.2, 0.25) is 0 Å². The van der Waals surface area contributed by atoms with Crippen LogP contribution in [0.1, 0.15) is 47.0 Å². The first kappa shape index (κ1) is 12.2. The van der Waals surface area contributed by atoms with E-state index in [2.05, 4.69) is 33.0 Å². The molecule has 1 aliphatic rings. The summed E-state index contributed by atoms with van der Waals surface area (Å²) in [6, 6.07) is 0.608. The zero-order valence-electron chi connectivity index (χ0n) is 9.80. The molecule has 0 radical (unpaired) electrons. The van der Waals surface area contributed by atoms with E-state index < -0.39 is 10.8 Å². The fourth-order valence-electron chi connectivity index (χ4n) is 2.11. The molecular weight excluding hydrogens is 194 g/mol. The highest BCUT2D eigenvalue weighted by molar-refractivity contribution is 7.87. The van der Waals surface area contributed by atoms with Crippen LogP contribution in [-0.4, -0.2) is 26.8 Å².